The van der Waals surface area contributed by atoms with E-state index in [1.807, 2.05) is 49.4 Å². The van der Waals surface area contributed by atoms with Crippen molar-refractivity contribution < 1.29 is 9.53 Å². The summed E-state index contributed by atoms with van der Waals surface area (Å²) in [7, 11) is 0. The standard InChI is InChI=1S/C23H29N7O2/c1-17-6-5-7-19(16-17)26-23(31)30-21(24)27-22(28-30)25-18-8-10-20(11-9-18)32-15-14-29-12-3-2-4-13-29/h5-11,16H,2-4,12-15H2,1H3,(H,26,31)(H3,24,25,27,28). The number of rotatable bonds is 7. The number of piperidine rings is 1. The monoisotopic (exact) mass is 435 g/mol. The molecule has 9 heteroatoms. The van der Waals surface area contributed by atoms with Gasteiger partial charge in [0.05, 0.1) is 0 Å². The second-order valence-electron chi connectivity index (χ2n) is 7.91. The third kappa shape index (κ3) is 5.76. The number of carbonyl (C=O) groups excluding carboxylic acids is 1. The van der Waals surface area contributed by atoms with Crippen LogP contribution in [0.3, 0.4) is 0 Å². The third-order valence-corrected chi connectivity index (χ3v) is 5.33. The highest BCUT2D eigenvalue weighted by Gasteiger charge is 2.15. The summed E-state index contributed by atoms with van der Waals surface area (Å²) in [5.41, 5.74) is 8.35. The average Bonchev–Trinajstić information content (AvgIpc) is 3.16. The molecule has 32 heavy (non-hydrogen) atoms. The molecule has 0 radical (unpaired) electrons. The van der Waals surface area contributed by atoms with Crippen molar-refractivity contribution in [1.29, 1.82) is 0 Å². The maximum Gasteiger partial charge on any atom is 0.349 e. The lowest BCUT2D eigenvalue weighted by Gasteiger charge is -2.26. The number of benzene rings is 2. The first-order chi connectivity index (χ1) is 15.6. The van der Waals surface area contributed by atoms with Crippen LogP contribution < -0.4 is 21.1 Å². The first-order valence-electron chi connectivity index (χ1n) is 10.9. The van der Waals surface area contributed by atoms with Gasteiger partial charge in [-0.05, 0) is 74.8 Å². The average molecular weight is 436 g/mol. The summed E-state index contributed by atoms with van der Waals surface area (Å²) >= 11 is 0. The number of anilines is 4. The van der Waals surface area contributed by atoms with E-state index in [0.29, 0.717) is 12.3 Å². The van der Waals surface area contributed by atoms with Gasteiger partial charge in [-0.25, -0.2) is 4.79 Å². The zero-order valence-corrected chi connectivity index (χ0v) is 18.3. The van der Waals surface area contributed by atoms with Crippen molar-refractivity contribution >= 4 is 29.3 Å². The molecule has 1 aliphatic heterocycles. The van der Waals surface area contributed by atoms with Gasteiger partial charge in [-0.1, -0.05) is 18.6 Å². The van der Waals surface area contributed by atoms with Crippen molar-refractivity contribution in [2.24, 2.45) is 0 Å². The first-order valence-corrected chi connectivity index (χ1v) is 10.9. The predicted octanol–water partition coefficient (Wildman–Crippen LogP) is 3.86. The Morgan fingerprint density at radius 1 is 1.09 bits per heavy atom. The summed E-state index contributed by atoms with van der Waals surface area (Å²) < 4.78 is 6.89. The summed E-state index contributed by atoms with van der Waals surface area (Å²) in [6, 6.07) is 14.5. The minimum Gasteiger partial charge on any atom is -0.492 e. The Bertz CT molecular complexity index is 1040. The van der Waals surface area contributed by atoms with Gasteiger partial charge in [0, 0.05) is 17.9 Å². The minimum absolute atomic E-state index is 0.00433. The molecule has 3 aromatic rings. The van der Waals surface area contributed by atoms with E-state index in [9.17, 15) is 4.79 Å². The van der Waals surface area contributed by atoms with Crippen LogP contribution in [0.15, 0.2) is 48.5 Å². The van der Waals surface area contributed by atoms with E-state index in [-0.39, 0.29) is 11.9 Å². The van der Waals surface area contributed by atoms with E-state index in [0.717, 1.165) is 41.3 Å². The molecule has 2 aromatic carbocycles. The number of aryl methyl sites for hydroxylation is 1. The van der Waals surface area contributed by atoms with Crippen molar-refractivity contribution in [3.8, 4) is 5.75 Å². The number of ether oxygens (including phenoxy) is 1. The van der Waals surface area contributed by atoms with Crippen LogP contribution in [0.2, 0.25) is 0 Å². The van der Waals surface area contributed by atoms with Crippen LogP contribution in [0.4, 0.5) is 28.1 Å². The number of amides is 1. The third-order valence-electron chi connectivity index (χ3n) is 5.33. The first kappa shape index (κ1) is 21.6. The predicted molar refractivity (Wildman–Crippen MR) is 126 cm³/mol. The molecule has 1 aliphatic rings. The lowest BCUT2D eigenvalue weighted by Crippen LogP contribution is -2.33. The maximum atomic E-state index is 12.5. The van der Waals surface area contributed by atoms with Gasteiger partial charge in [-0.3, -0.25) is 4.90 Å². The molecule has 0 saturated carbocycles. The van der Waals surface area contributed by atoms with Crippen LogP contribution in [-0.4, -0.2) is 51.9 Å². The number of likely N-dealkylation sites (tertiary alicyclic amines) is 1. The van der Waals surface area contributed by atoms with Crippen molar-refractivity contribution in [3.63, 3.8) is 0 Å². The quantitative estimate of drug-likeness (QED) is 0.517. The molecule has 168 valence electrons. The van der Waals surface area contributed by atoms with E-state index in [4.69, 9.17) is 10.5 Å². The molecule has 1 amide bonds. The largest absolute Gasteiger partial charge is 0.492 e. The van der Waals surface area contributed by atoms with E-state index in [1.165, 1.54) is 19.3 Å². The van der Waals surface area contributed by atoms with Crippen LogP contribution in [0.5, 0.6) is 5.75 Å². The topological polar surface area (TPSA) is 110 Å². The van der Waals surface area contributed by atoms with Crippen molar-refractivity contribution in [3.05, 3.63) is 54.1 Å². The molecule has 1 fully saturated rings. The summed E-state index contributed by atoms with van der Waals surface area (Å²) in [4.78, 5) is 19.1. The number of nitrogens with one attached hydrogen (secondary N) is 2. The Labute approximate surface area is 187 Å². The molecule has 9 nitrogen and oxygen atoms in total. The number of hydrogen-bond acceptors (Lipinski definition) is 7. The number of nitrogens with two attached hydrogens (primary N) is 1. The summed E-state index contributed by atoms with van der Waals surface area (Å²) in [5.74, 6) is 1.04. The van der Waals surface area contributed by atoms with Crippen molar-refractivity contribution in [2.45, 2.75) is 26.2 Å². The number of hydrogen-bond donors (Lipinski definition) is 3. The molecule has 0 bridgehead atoms. The fraction of sp³-hybridized carbons (Fsp3) is 0.348. The fourth-order valence-electron chi connectivity index (χ4n) is 3.67. The smallest absolute Gasteiger partial charge is 0.349 e. The molecule has 0 aliphatic carbocycles. The van der Waals surface area contributed by atoms with Gasteiger partial charge < -0.3 is 21.1 Å². The Morgan fingerprint density at radius 2 is 1.88 bits per heavy atom. The van der Waals surface area contributed by atoms with Gasteiger partial charge in [0.25, 0.3) is 0 Å². The summed E-state index contributed by atoms with van der Waals surface area (Å²) in [6.07, 6.45) is 3.90. The lowest BCUT2D eigenvalue weighted by atomic mass is 10.1. The molecule has 0 spiro atoms. The van der Waals surface area contributed by atoms with E-state index < -0.39 is 6.03 Å². The van der Waals surface area contributed by atoms with Crippen LogP contribution in [0, 0.1) is 6.92 Å². The van der Waals surface area contributed by atoms with E-state index >= 15 is 0 Å². The van der Waals surface area contributed by atoms with Gasteiger partial charge in [-0.2, -0.15) is 4.98 Å². The molecule has 1 saturated heterocycles. The molecule has 2 heterocycles. The Hall–Kier alpha value is -3.59. The minimum atomic E-state index is -0.480. The Kier molecular flexibility index (Phi) is 6.86. The van der Waals surface area contributed by atoms with Gasteiger partial charge in [0.15, 0.2) is 0 Å². The molecule has 4 N–H and O–H groups in total. The van der Waals surface area contributed by atoms with Gasteiger partial charge in [0.2, 0.25) is 11.9 Å². The van der Waals surface area contributed by atoms with Crippen LogP contribution in [0.25, 0.3) is 0 Å². The number of aromatic nitrogens is 3. The van der Waals surface area contributed by atoms with Gasteiger partial charge >= 0.3 is 6.03 Å². The molecule has 1 aromatic heterocycles. The molecule has 0 unspecified atom stereocenters. The molecular weight excluding hydrogens is 406 g/mol. The highest BCUT2D eigenvalue weighted by molar-refractivity contribution is 5.92. The molecule has 0 atom stereocenters. The van der Waals surface area contributed by atoms with Crippen molar-refractivity contribution in [2.75, 3.05) is 42.6 Å². The van der Waals surface area contributed by atoms with Crippen LogP contribution >= 0.6 is 0 Å². The SMILES string of the molecule is Cc1cccc(NC(=O)n2nc(Nc3ccc(OCCN4CCCCC4)cc3)nc2N)c1. The van der Waals surface area contributed by atoms with Crippen molar-refractivity contribution in [1.82, 2.24) is 19.7 Å². The molecule has 4 rings (SSSR count). The van der Waals surface area contributed by atoms with E-state index in [1.54, 1.807) is 6.07 Å². The zero-order chi connectivity index (χ0) is 22.3. The number of nitrogens with zero attached hydrogens (tertiary/aromatic N) is 4. The van der Waals surface area contributed by atoms with Gasteiger partial charge in [-0.15, -0.1) is 9.78 Å². The Morgan fingerprint density at radius 3 is 2.62 bits per heavy atom. The second-order valence-corrected chi connectivity index (χ2v) is 7.91. The summed E-state index contributed by atoms with van der Waals surface area (Å²) in [6.45, 7) is 5.90. The number of nitrogen functional groups attached to an aromatic ring is 1. The van der Waals surface area contributed by atoms with Crippen LogP contribution in [-0.2, 0) is 0 Å². The maximum absolute atomic E-state index is 12.5. The highest BCUT2D eigenvalue weighted by Crippen LogP contribution is 2.19. The Balaban J connectivity index is 1.30. The zero-order valence-electron chi connectivity index (χ0n) is 18.3. The second kappa shape index (κ2) is 10.1. The number of carbonyl (C=O) groups is 1. The van der Waals surface area contributed by atoms with Gasteiger partial charge in [0.1, 0.15) is 12.4 Å². The van der Waals surface area contributed by atoms with E-state index in [2.05, 4.69) is 25.6 Å². The molecular formula is C23H29N7O2. The normalized spacial score (nSPS) is 14.2. The van der Waals surface area contributed by atoms with Crippen LogP contribution in [0.1, 0.15) is 24.8 Å². The summed E-state index contributed by atoms with van der Waals surface area (Å²) in [5, 5.41) is 9.99. The lowest BCUT2D eigenvalue weighted by molar-refractivity contribution is 0.183. The highest BCUT2D eigenvalue weighted by atomic mass is 16.5. The fourth-order valence-corrected chi connectivity index (χ4v) is 3.67.